The summed E-state index contributed by atoms with van der Waals surface area (Å²) >= 11 is 1.33. The number of likely N-dealkylation sites (tertiary alicyclic amines) is 1. The van der Waals surface area contributed by atoms with E-state index in [0.29, 0.717) is 21.2 Å². The minimum absolute atomic E-state index is 0.0224. The van der Waals surface area contributed by atoms with Crippen LogP contribution in [-0.2, 0) is 0 Å². The number of nitrogens with two attached hydrogens (primary N) is 1. The standard InChI is InChI=1S/C13H22N4OS/c1-13(2)5-4-7-17(8-6-13)11(18)9-10(14)16-12(15-3)19-9/h4-8,14H2,1-3H3,(H,15,16). The van der Waals surface area contributed by atoms with Crippen molar-refractivity contribution in [1.82, 2.24) is 9.88 Å². The number of amides is 1. The number of nitrogens with one attached hydrogen (secondary N) is 1. The van der Waals surface area contributed by atoms with E-state index in [1.807, 2.05) is 4.90 Å². The SMILES string of the molecule is CNc1nc(N)c(C(=O)N2CCCC(C)(C)CC2)s1. The van der Waals surface area contributed by atoms with Crippen LogP contribution in [-0.4, -0.2) is 35.9 Å². The molecule has 0 spiro atoms. The van der Waals surface area contributed by atoms with Crippen LogP contribution in [0.2, 0.25) is 0 Å². The molecule has 1 amide bonds. The molecule has 106 valence electrons. The summed E-state index contributed by atoms with van der Waals surface area (Å²) in [5, 5.41) is 3.62. The van der Waals surface area contributed by atoms with E-state index in [2.05, 4.69) is 24.1 Å². The number of aromatic nitrogens is 1. The van der Waals surface area contributed by atoms with E-state index in [4.69, 9.17) is 5.73 Å². The normalized spacial score (nSPS) is 19.0. The van der Waals surface area contributed by atoms with E-state index in [9.17, 15) is 4.79 Å². The van der Waals surface area contributed by atoms with Gasteiger partial charge >= 0.3 is 0 Å². The molecule has 1 saturated heterocycles. The molecule has 1 aliphatic heterocycles. The van der Waals surface area contributed by atoms with Gasteiger partial charge in [0.2, 0.25) is 0 Å². The first-order valence-electron chi connectivity index (χ1n) is 6.66. The van der Waals surface area contributed by atoms with Gasteiger partial charge in [0.15, 0.2) is 5.13 Å². The van der Waals surface area contributed by atoms with Gasteiger partial charge in [0, 0.05) is 20.1 Å². The van der Waals surface area contributed by atoms with Crippen LogP contribution < -0.4 is 11.1 Å². The molecule has 2 rings (SSSR count). The first-order valence-corrected chi connectivity index (χ1v) is 7.48. The molecule has 0 saturated carbocycles. The van der Waals surface area contributed by atoms with Crippen molar-refractivity contribution in [2.45, 2.75) is 33.1 Å². The van der Waals surface area contributed by atoms with Crippen LogP contribution in [0.15, 0.2) is 0 Å². The lowest BCUT2D eigenvalue weighted by molar-refractivity contribution is 0.0763. The highest BCUT2D eigenvalue weighted by molar-refractivity contribution is 7.18. The molecule has 6 heteroatoms. The number of hydrogen-bond acceptors (Lipinski definition) is 5. The Bertz CT molecular complexity index is 469. The zero-order valence-corrected chi connectivity index (χ0v) is 12.6. The molecular weight excluding hydrogens is 260 g/mol. The number of hydrogen-bond donors (Lipinski definition) is 2. The highest BCUT2D eigenvalue weighted by Gasteiger charge is 2.28. The molecule has 1 fully saturated rings. The van der Waals surface area contributed by atoms with Crippen molar-refractivity contribution in [3.8, 4) is 0 Å². The number of nitrogen functional groups attached to an aromatic ring is 1. The third kappa shape index (κ3) is 3.18. The zero-order valence-electron chi connectivity index (χ0n) is 11.8. The van der Waals surface area contributed by atoms with Crippen LogP contribution in [0.5, 0.6) is 0 Å². The highest BCUT2D eigenvalue weighted by atomic mass is 32.1. The van der Waals surface area contributed by atoms with Crippen molar-refractivity contribution < 1.29 is 4.79 Å². The summed E-state index contributed by atoms with van der Waals surface area (Å²) in [5.41, 5.74) is 6.15. The third-order valence-corrected chi connectivity index (χ3v) is 4.77. The predicted octanol–water partition coefficient (Wildman–Crippen LogP) is 2.42. The molecule has 3 N–H and O–H groups in total. The van der Waals surface area contributed by atoms with Gasteiger partial charge in [-0.15, -0.1) is 0 Å². The molecule has 19 heavy (non-hydrogen) atoms. The molecule has 5 nitrogen and oxygen atoms in total. The van der Waals surface area contributed by atoms with E-state index >= 15 is 0 Å². The average molecular weight is 282 g/mol. The third-order valence-electron chi connectivity index (χ3n) is 3.69. The lowest BCUT2D eigenvalue weighted by Gasteiger charge is -2.23. The topological polar surface area (TPSA) is 71.2 Å². The van der Waals surface area contributed by atoms with Gasteiger partial charge in [-0.25, -0.2) is 4.98 Å². The van der Waals surface area contributed by atoms with E-state index in [1.54, 1.807) is 7.05 Å². The van der Waals surface area contributed by atoms with Crippen molar-refractivity contribution in [1.29, 1.82) is 0 Å². The predicted molar refractivity (Wildman–Crippen MR) is 79.6 cm³/mol. The summed E-state index contributed by atoms with van der Waals surface area (Å²) in [4.78, 5) is 19.1. The maximum absolute atomic E-state index is 12.5. The number of rotatable bonds is 2. The smallest absolute Gasteiger partial charge is 0.267 e. The Morgan fingerprint density at radius 1 is 1.42 bits per heavy atom. The number of carbonyl (C=O) groups excluding carboxylic acids is 1. The van der Waals surface area contributed by atoms with Gasteiger partial charge in [-0.3, -0.25) is 4.79 Å². The molecule has 0 radical (unpaired) electrons. The molecule has 1 aliphatic rings. The van der Waals surface area contributed by atoms with E-state index < -0.39 is 0 Å². The summed E-state index contributed by atoms with van der Waals surface area (Å²) < 4.78 is 0. The Balaban J connectivity index is 2.12. The fourth-order valence-electron chi connectivity index (χ4n) is 2.36. The second-order valence-corrected chi connectivity index (χ2v) is 6.79. The molecule has 0 aromatic carbocycles. The van der Waals surface area contributed by atoms with Gasteiger partial charge in [-0.1, -0.05) is 25.2 Å². The lowest BCUT2D eigenvalue weighted by Crippen LogP contribution is -2.32. The van der Waals surface area contributed by atoms with Gasteiger partial charge < -0.3 is 16.0 Å². The maximum atomic E-state index is 12.5. The molecule has 2 heterocycles. The quantitative estimate of drug-likeness (QED) is 0.874. The largest absolute Gasteiger partial charge is 0.382 e. The van der Waals surface area contributed by atoms with Crippen LogP contribution in [0, 0.1) is 5.41 Å². The Morgan fingerprint density at radius 2 is 2.16 bits per heavy atom. The lowest BCUT2D eigenvalue weighted by atomic mass is 9.85. The molecule has 0 aliphatic carbocycles. The van der Waals surface area contributed by atoms with Crippen molar-refractivity contribution in [3.63, 3.8) is 0 Å². The molecule has 0 atom stereocenters. The average Bonchev–Trinajstić information content (AvgIpc) is 2.63. The Hall–Kier alpha value is -1.30. The van der Waals surface area contributed by atoms with Gasteiger partial charge in [0.25, 0.3) is 5.91 Å². The zero-order chi connectivity index (χ0) is 14.0. The fourth-order valence-corrected chi connectivity index (χ4v) is 3.17. The van der Waals surface area contributed by atoms with Crippen molar-refractivity contribution >= 4 is 28.2 Å². The molecule has 0 unspecified atom stereocenters. The Kier molecular flexibility index (Phi) is 3.99. The number of thiazole rings is 1. The van der Waals surface area contributed by atoms with Crippen molar-refractivity contribution in [2.24, 2.45) is 5.41 Å². The monoisotopic (exact) mass is 282 g/mol. The maximum Gasteiger partial charge on any atom is 0.267 e. The molecule has 0 bridgehead atoms. The number of carbonyl (C=O) groups is 1. The van der Waals surface area contributed by atoms with Crippen molar-refractivity contribution in [3.05, 3.63) is 4.88 Å². The second kappa shape index (κ2) is 5.36. The molecular formula is C13H22N4OS. The van der Waals surface area contributed by atoms with Gasteiger partial charge in [-0.05, 0) is 24.7 Å². The van der Waals surface area contributed by atoms with Crippen molar-refractivity contribution in [2.75, 3.05) is 31.2 Å². The summed E-state index contributed by atoms with van der Waals surface area (Å²) in [5.74, 6) is 0.358. The first-order chi connectivity index (χ1) is 8.93. The number of nitrogens with zero attached hydrogens (tertiary/aromatic N) is 2. The summed E-state index contributed by atoms with van der Waals surface area (Å²) in [6.07, 6.45) is 3.25. The highest BCUT2D eigenvalue weighted by Crippen LogP contribution is 2.32. The van der Waals surface area contributed by atoms with Crippen LogP contribution in [0.4, 0.5) is 10.9 Å². The summed E-state index contributed by atoms with van der Waals surface area (Å²) in [7, 11) is 1.78. The fraction of sp³-hybridized carbons (Fsp3) is 0.692. The summed E-state index contributed by atoms with van der Waals surface area (Å²) in [6, 6.07) is 0. The van der Waals surface area contributed by atoms with Gasteiger partial charge in [0.1, 0.15) is 10.7 Å². The van der Waals surface area contributed by atoms with Crippen LogP contribution in [0.3, 0.4) is 0 Å². The van der Waals surface area contributed by atoms with Gasteiger partial charge in [-0.2, -0.15) is 0 Å². The first kappa shape index (κ1) is 14.1. The van der Waals surface area contributed by atoms with E-state index in [-0.39, 0.29) is 5.91 Å². The van der Waals surface area contributed by atoms with Crippen LogP contribution in [0.25, 0.3) is 0 Å². The van der Waals surface area contributed by atoms with Crippen LogP contribution >= 0.6 is 11.3 Å². The van der Waals surface area contributed by atoms with Gasteiger partial charge in [0.05, 0.1) is 0 Å². The molecule has 1 aromatic rings. The Labute approximate surface area is 118 Å². The molecule has 1 aromatic heterocycles. The minimum Gasteiger partial charge on any atom is -0.382 e. The minimum atomic E-state index is 0.0224. The van der Waals surface area contributed by atoms with Crippen LogP contribution in [0.1, 0.15) is 42.8 Å². The van der Waals surface area contributed by atoms with E-state index in [0.717, 1.165) is 32.4 Å². The Morgan fingerprint density at radius 3 is 2.79 bits per heavy atom. The van der Waals surface area contributed by atoms with E-state index in [1.165, 1.54) is 11.3 Å². The second-order valence-electron chi connectivity index (χ2n) is 5.79. The number of anilines is 2. The summed E-state index contributed by atoms with van der Waals surface area (Å²) in [6.45, 7) is 6.15.